The second-order valence-electron chi connectivity index (χ2n) is 8.43. The number of aromatic nitrogens is 4. The number of phenols is 1. The van der Waals surface area contributed by atoms with Crippen molar-refractivity contribution in [1.29, 1.82) is 0 Å². The number of halogens is 1. The number of fused-ring (bicyclic) bond motifs is 2. The van der Waals surface area contributed by atoms with Crippen molar-refractivity contribution >= 4 is 0 Å². The summed E-state index contributed by atoms with van der Waals surface area (Å²) in [4.78, 5) is 6.17. The van der Waals surface area contributed by atoms with Gasteiger partial charge in [0.25, 0.3) is 0 Å². The molecule has 2 aromatic heterocycles. The maximum absolute atomic E-state index is 14.5. The van der Waals surface area contributed by atoms with Gasteiger partial charge in [0.2, 0.25) is 5.88 Å². The van der Waals surface area contributed by atoms with E-state index in [-0.39, 0.29) is 17.9 Å². The molecule has 2 saturated heterocycles. The van der Waals surface area contributed by atoms with Gasteiger partial charge in [-0.1, -0.05) is 0 Å². The fraction of sp³-hybridized carbons (Fsp3) is 0.409. The number of hydrogen-bond acceptors (Lipinski definition) is 6. The van der Waals surface area contributed by atoms with Crippen molar-refractivity contribution in [3.8, 4) is 28.6 Å². The van der Waals surface area contributed by atoms with Gasteiger partial charge in [0.15, 0.2) is 0 Å². The second kappa shape index (κ2) is 7.05. The Bertz CT molecular complexity index is 1040. The minimum Gasteiger partial charge on any atom is -0.507 e. The van der Waals surface area contributed by atoms with E-state index in [1.807, 2.05) is 24.6 Å². The Kier molecular flexibility index (Phi) is 4.47. The molecule has 0 amide bonds. The summed E-state index contributed by atoms with van der Waals surface area (Å²) in [6.07, 6.45) is 6.21. The van der Waals surface area contributed by atoms with Gasteiger partial charge in [-0.05, 0) is 38.6 Å². The number of ether oxygens (including phenoxy) is 1. The highest BCUT2D eigenvalue weighted by Crippen LogP contribution is 2.45. The summed E-state index contributed by atoms with van der Waals surface area (Å²) in [6, 6.07) is 9.06. The van der Waals surface area contributed by atoms with Crippen LogP contribution in [0.3, 0.4) is 0 Å². The highest BCUT2D eigenvalue weighted by atomic mass is 19.1. The molecule has 0 saturated carbocycles. The van der Waals surface area contributed by atoms with E-state index < -0.39 is 11.7 Å². The number of hydrogen-bond donors (Lipinski definition) is 1. The summed E-state index contributed by atoms with van der Waals surface area (Å²) < 4.78 is 22.3. The van der Waals surface area contributed by atoms with Gasteiger partial charge in [-0.2, -0.15) is 0 Å². The molecule has 2 aliphatic heterocycles. The highest BCUT2D eigenvalue weighted by molar-refractivity contribution is 5.68. The zero-order chi connectivity index (χ0) is 20.9. The third kappa shape index (κ3) is 3.11. The van der Waals surface area contributed by atoms with E-state index in [2.05, 4.69) is 20.1 Å². The van der Waals surface area contributed by atoms with Gasteiger partial charge in [-0.3, -0.25) is 4.90 Å². The Morgan fingerprint density at radius 3 is 2.73 bits per heavy atom. The molecule has 1 N–H and O–H groups in total. The smallest absolute Gasteiger partial charge is 0.233 e. The third-order valence-electron chi connectivity index (χ3n) is 6.67. The van der Waals surface area contributed by atoms with Crippen LogP contribution in [0.25, 0.3) is 16.9 Å². The fourth-order valence-electron chi connectivity index (χ4n) is 4.76. The number of rotatable bonds is 4. The standard InChI is InChI=1S/C22H24FN5O2/c1-22-12-16(9-15(27(22)2)11-20(22)23)30-21-6-5-18(25-26-21)17-4-3-14(10-19(17)29)28-8-7-24-13-28/h3-8,10,13,15-16,20,29H,9,11-12H2,1-2H3/t15-,16+,20+,22+/m1/s1. The Balaban J connectivity index is 1.31. The summed E-state index contributed by atoms with van der Waals surface area (Å²) in [7, 11) is 2.00. The van der Waals surface area contributed by atoms with Gasteiger partial charge < -0.3 is 14.4 Å². The van der Waals surface area contributed by atoms with Crippen molar-refractivity contribution in [2.45, 2.75) is 50.0 Å². The predicted octanol–water partition coefficient (Wildman–Crippen LogP) is 3.38. The molecule has 2 bridgehead atoms. The lowest BCUT2D eigenvalue weighted by molar-refractivity contribution is -0.00356. The molecule has 7 nitrogen and oxygen atoms in total. The topological polar surface area (TPSA) is 76.3 Å². The summed E-state index contributed by atoms with van der Waals surface area (Å²) in [5, 5.41) is 18.9. The van der Waals surface area contributed by atoms with Crippen molar-refractivity contribution in [3.05, 3.63) is 49.1 Å². The molecule has 3 aromatic rings. The first-order valence-electron chi connectivity index (χ1n) is 10.1. The number of phenolic OH excluding ortho intramolecular Hbond substituents is 1. The Morgan fingerprint density at radius 2 is 2.07 bits per heavy atom. The molecule has 0 spiro atoms. The molecule has 30 heavy (non-hydrogen) atoms. The quantitative estimate of drug-likeness (QED) is 0.712. The van der Waals surface area contributed by atoms with E-state index in [0.29, 0.717) is 30.0 Å². The number of piperidine rings is 1. The lowest BCUT2D eigenvalue weighted by atomic mass is 9.88. The molecular weight excluding hydrogens is 385 g/mol. The normalized spacial score (nSPS) is 28.6. The van der Waals surface area contributed by atoms with Gasteiger partial charge in [-0.25, -0.2) is 9.37 Å². The largest absolute Gasteiger partial charge is 0.507 e. The third-order valence-corrected chi connectivity index (χ3v) is 6.67. The fourth-order valence-corrected chi connectivity index (χ4v) is 4.76. The van der Waals surface area contributed by atoms with Crippen molar-refractivity contribution in [2.24, 2.45) is 0 Å². The van der Waals surface area contributed by atoms with Gasteiger partial charge in [-0.15, -0.1) is 10.2 Å². The zero-order valence-corrected chi connectivity index (χ0v) is 16.9. The highest BCUT2D eigenvalue weighted by Gasteiger charge is 2.54. The average Bonchev–Trinajstić information content (AvgIpc) is 3.30. The molecule has 2 aliphatic rings. The van der Waals surface area contributed by atoms with Crippen LogP contribution in [0.4, 0.5) is 4.39 Å². The van der Waals surface area contributed by atoms with Crippen molar-refractivity contribution in [2.75, 3.05) is 7.05 Å². The predicted molar refractivity (Wildman–Crippen MR) is 109 cm³/mol. The van der Waals surface area contributed by atoms with Crippen LogP contribution in [0.5, 0.6) is 11.6 Å². The van der Waals surface area contributed by atoms with Crippen molar-refractivity contribution in [1.82, 2.24) is 24.6 Å². The Labute approximate surface area is 174 Å². The van der Waals surface area contributed by atoms with Crippen LogP contribution in [0, 0.1) is 0 Å². The molecule has 156 valence electrons. The first-order valence-corrected chi connectivity index (χ1v) is 10.1. The van der Waals surface area contributed by atoms with Gasteiger partial charge in [0, 0.05) is 49.0 Å². The number of aromatic hydroxyl groups is 1. The van der Waals surface area contributed by atoms with Crippen LogP contribution in [0.1, 0.15) is 26.2 Å². The summed E-state index contributed by atoms with van der Waals surface area (Å²) in [5.74, 6) is 0.527. The van der Waals surface area contributed by atoms with Crippen LogP contribution in [0.2, 0.25) is 0 Å². The van der Waals surface area contributed by atoms with E-state index in [0.717, 1.165) is 12.1 Å². The lowest BCUT2D eigenvalue weighted by Crippen LogP contribution is -2.54. The molecule has 1 aromatic carbocycles. The molecule has 0 unspecified atom stereocenters. The monoisotopic (exact) mass is 409 g/mol. The molecule has 0 aliphatic carbocycles. The van der Waals surface area contributed by atoms with Crippen LogP contribution >= 0.6 is 0 Å². The molecule has 2 fully saturated rings. The van der Waals surface area contributed by atoms with E-state index in [1.165, 1.54) is 0 Å². The second-order valence-corrected chi connectivity index (χ2v) is 8.43. The number of imidazole rings is 1. The zero-order valence-electron chi connectivity index (χ0n) is 16.9. The summed E-state index contributed by atoms with van der Waals surface area (Å²) >= 11 is 0. The van der Waals surface area contributed by atoms with Crippen LogP contribution < -0.4 is 4.74 Å². The van der Waals surface area contributed by atoms with Gasteiger partial charge in [0.1, 0.15) is 18.0 Å². The van der Waals surface area contributed by atoms with Crippen LogP contribution in [-0.4, -0.2) is 60.7 Å². The minimum absolute atomic E-state index is 0.0834. The SMILES string of the molecule is CN1[C@@H]2C[C@H](Oc3ccc(-c4ccc(-n5ccnc5)cc4O)nn3)C[C@@]1(C)[C@@H](F)C2. The Hall–Kier alpha value is -3.00. The maximum atomic E-state index is 14.5. The molecule has 5 rings (SSSR count). The molecular formula is C22H24FN5O2. The summed E-state index contributed by atoms with van der Waals surface area (Å²) in [5.41, 5.74) is 1.46. The molecule has 0 radical (unpaired) electrons. The van der Waals surface area contributed by atoms with E-state index >= 15 is 0 Å². The first kappa shape index (κ1) is 19.0. The first-order chi connectivity index (χ1) is 14.4. The van der Waals surface area contributed by atoms with Crippen LogP contribution in [0.15, 0.2) is 49.1 Å². The molecule has 8 heteroatoms. The number of nitrogens with zero attached hydrogens (tertiary/aromatic N) is 5. The maximum Gasteiger partial charge on any atom is 0.233 e. The number of alkyl halides is 1. The average molecular weight is 409 g/mol. The lowest BCUT2D eigenvalue weighted by Gasteiger charge is -2.43. The molecule has 4 heterocycles. The van der Waals surface area contributed by atoms with E-state index in [4.69, 9.17) is 4.74 Å². The van der Waals surface area contributed by atoms with Crippen molar-refractivity contribution in [3.63, 3.8) is 0 Å². The summed E-state index contributed by atoms with van der Waals surface area (Å²) in [6.45, 7) is 1.97. The van der Waals surface area contributed by atoms with Crippen LogP contribution in [-0.2, 0) is 0 Å². The molecule has 4 atom stereocenters. The number of benzene rings is 1. The minimum atomic E-state index is -0.831. The Morgan fingerprint density at radius 1 is 1.20 bits per heavy atom. The van der Waals surface area contributed by atoms with Crippen molar-refractivity contribution < 1.29 is 14.2 Å². The van der Waals surface area contributed by atoms with Gasteiger partial charge >= 0.3 is 0 Å². The van der Waals surface area contributed by atoms with E-state index in [1.54, 1.807) is 43.0 Å². The van der Waals surface area contributed by atoms with E-state index in [9.17, 15) is 9.50 Å². The van der Waals surface area contributed by atoms with Gasteiger partial charge in [0.05, 0.1) is 23.2 Å².